The van der Waals surface area contributed by atoms with E-state index in [0.717, 1.165) is 18.9 Å². The summed E-state index contributed by atoms with van der Waals surface area (Å²) in [6, 6.07) is 5.87. The minimum Gasteiger partial charge on any atom is -0.384 e. The highest BCUT2D eigenvalue weighted by atomic mass is 15.2. The van der Waals surface area contributed by atoms with E-state index in [1.165, 1.54) is 19.3 Å². The first-order chi connectivity index (χ1) is 7.69. The SMILES string of the molecule is CCC1(CC)CCN(c2cccc(N)n2)C1. The molecule has 0 bridgehead atoms. The summed E-state index contributed by atoms with van der Waals surface area (Å²) in [4.78, 5) is 6.76. The monoisotopic (exact) mass is 219 g/mol. The molecule has 0 saturated carbocycles. The Kier molecular flexibility index (Phi) is 3.03. The van der Waals surface area contributed by atoms with Crippen LogP contribution in [0.5, 0.6) is 0 Å². The number of nitrogen functional groups attached to an aromatic ring is 1. The topological polar surface area (TPSA) is 42.1 Å². The molecule has 2 N–H and O–H groups in total. The lowest BCUT2D eigenvalue weighted by Gasteiger charge is -2.26. The van der Waals surface area contributed by atoms with Gasteiger partial charge in [0.05, 0.1) is 0 Å². The van der Waals surface area contributed by atoms with Crippen molar-refractivity contribution in [1.29, 1.82) is 0 Å². The van der Waals surface area contributed by atoms with E-state index in [-0.39, 0.29) is 0 Å². The molecule has 1 fully saturated rings. The summed E-state index contributed by atoms with van der Waals surface area (Å²) in [6.45, 7) is 6.81. The van der Waals surface area contributed by atoms with E-state index < -0.39 is 0 Å². The minimum atomic E-state index is 0.492. The molecule has 1 saturated heterocycles. The third kappa shape index (κ3) is 1.99. The molecule has 1 aliphatic rings. The highest BCUT2D eigenvalue weighted by molar-refractivity contribution is 5.46. The second kappa shape index (κ2) is 4.32. The van der Waals surface area contributed by atoms with Crippen molar-refractivity contribution in [3.63, 3.8) is 0 Å². The molecule has 0 unspecified atom stereocenters. The molecule has 1 aromatic heterocycles. The smallest absolute Gasteiger partial charge is 0.130 e. The number of hydrogen-bond donors (Lipinski definition) is 1. The Morgan fingerprint density at radius 1 is 1.38 bits per heavy atom. The lowest BCUT2D eigenvalue weighted by Crippen LogP contribution is -2.26. The number of pyridine rings is 1. The van der Waals surface area contributed by atoms with E-state index in [1.807, 2.05) is 12.1 Å². The van der Waals surface area contributed by atoms with Gasteiger partial charge in [-0.2, -0.15) is 0 Å². The molecule has 0 aromatic carbocycles. The molecule has 88 valence electrons. The lowest BCUT2D eigenvalue weighted by atomic mass is 9.82. The van der Waals surface area contributed by atoms with Crippen LogP contribution in [0.3, 0.4) is 0 Å². The van der Waals surface area contributed by atoms with Gasteiger partial charge >= 0.3 is 0 Å². The maximum absolute atomic E-state index is 5.72. The molecule has 2 rings (SSSR count). The van der Waals surface area contributed by atoms with Crippen molar-refractivity contribution in [2.75, 3.05) is 23.7 Å². The maximum Gasteiger partial charge on any atom is 0.130 e. The van der Waals surface area contributed by atoms with Gasteiger partial charge in [-0.1, -0.05) is 19.9 Å². The van der Waals surface area contributed by atoms with Crippen molar-refractivity contribution in [3.8, 4) is 0 Å². The van der Waals surface area contributed by atoms with Crippen LogP contribution in [0, 0.1) is 5.41 Å². The van der Waals surface area contributed by atoms with Crippen molar-refractivity contribution < 1.29 is 0 Å². The molecule has 0 atom stereocenters. The summed E-state index contributed by atoms with van der Waals surface area (Å²) < 4.78 is 0. The molecule has 0 aliphatic carbocycles. The number of aromatic nitrogens is 1. The van der Waals surface area contributed by atoms with Crippen molar-refractivity contribution >= 4 is 11.6 Å². The first-order valence-electron chi connectivity index (χ1n) is 6.16. The zero-order chi connectivity index (χ0) is 11.6. The van der Waals surface area contributed by atoms with E-state index in [4.69, 9.17) is 5.73 Å². The molecule has 3 nitrogen and oxygen atoms in total. The Hall–Kier alpha value is -1.25. The summed E-state index contributed by atoms with van der Waals surface area (Å²) in [6.07, 6.45) is 3.78. The van der Waals surface area contributed by atoms with Crippen molar-refractivity contribution in [3.05, 3.63) is 18.2 Å². The third-order valence-electron chi connectivity index (χ3n) is 4.02. The first-order valence-corrected chi connectivity index (χ1v) is 6.16. The van der Waals surface area contributed by atoms with Gasteiger partial charge in [0, 0.05) is 13.1 Å². The van der Waals surface area contributed by atoms with Crippen LogP contribution >= 0.6 is 0 Å². The molecular weight excluding hydrogens is 198 g/mol. The molecule has 0 radical (unpaired) electrons. The largest absolute Gasteiger partial charge is 0.384 e. The van der Waals surface area contributed by atoms with Crippen LogP contribution in [-0.4, -0.2) is 18.1 Å². The van der Waals surface area contributed by atoms with E-state index in [2.05, 4.69) is 29.8 Å². The Balaban J connectivity index is 2.14. The predicted molar refractivity (Wildman–Crippen MR) is 68.5 cm³/mol. The van der Waals surface area contributed by atoms with Crippen molar-refractivity contribution in [1.82, 2.24) is 4.98 Å². The van der Waals surface area contributed by atoms with Crippen LogP contribution < -0.4 is 10.6 Å². The molecule has 0 amide bonds. The fourth-order valence-electron chi connectivity index (χ4n) is 2.57. The summed E-state index contributed by atoms with van der Waals surface area (Å²) in [5.74, 6) is 1.65. The zero-order valence-corrected chi connectivity index (χ0v) is 10.2. The highest BCUT2D eigenvalue weighted by Gasteiger charge is 2.35. The third-order valence-corrected chi connectivity index (χ3v) is 4.02. The molecule has 1 aromatic rings. The first kappa shape index (κ1) is 11.2. The van der Waals surface area contributed by atoms with E-state index in [0.29, 0.717) is 11.2 Å². The second-order valence-corrected chi connectivity index (χ2v) is 4.80. The predicted octanol–water partition coefficient (Wildman–Crippen LogP) is 2.68. The van der Waals surface area contributed by atoms with E-state index >= 15 is 0 Å². The van der Waals surface area contributed by atoms with Crippen LogP contribution in [-0.2, 0) is 0 Å². The van der Waals surface area contributed by atoms with Crippen molar-refractivity contribution in [2.45, 2.75) is 33.1 Å². The van der Waals surface area contributed by atoms with Gasteiger partial charge in [0.1, 0.15) is 11.6 Å². The average Bonchev–Trinajstić information content (AvgIpc) is 2.74. The Morgan fingerprint density at radius 2 is 2.12 bits per heavy atom. The quantitative estimate of drug-likeness (QED) is 0.850. The number of nitrogens with two attached hydrogens (primary N) is 1. The molecule has 1 aliphatic heterocycles. The number of hydrogen-bond acceptors (Lipinski definition) is 3. The summed E-state index contributed by atoms with van der Waals surface area (Å²) in [5, 5.41) is 0. The summed E-state index contributed by atoms with van der Waals surface area (Å²) >= 11 is 0. The van der Waals surface area contributed by atoms with Crippen LogP contribution in [0.2, 0.25) is 0 Å². The second-order valence-electron chi connectivity index (χ2n) is 4.80. The molecule has 16 heavy (non-hydrogen) atoms. The van der Waals surface area contributed by atoms with Gasteiger partial charge in [0.2, 0.25) is 0 Å². The Bertz CT molecular complexity index is 358. The van der Waals surface area contributed by atoms with Crippen LogP contribution in [0.1, 0.15) is 33.1 Å². The molecule has 2 heterocycles. The minimum absolute atomic E-state index is 0.492. The highest BCUT2D eigenvalue weighted by Crippen LogP contribution is 2.38. The van der Waals surface area contributed by atoms with Crippen LogP contribution in [0.25, 0.3) is 0 Å². The van der Waals surface area contributed by atoms with Gasteiger partial charge in [-0.05, 0) is 36.8 Å². The van der Waals surface area contributed by atoms with Gasteiger partial charge in [-0.25, -0.2) is 4.98 Å². The van der Waals surface area contributed by atoms with Crippen molar-refractivity contribution in [2.24, 2.45) is 5.41 Å². The average molecular weight is 219 g/mol. The van der Waals surface area contributed by atoms with Gasteiger partial charge in [-0.15, -0.1) is 0 Å². The van der Waals surface area contributed by atoms with E-state index in [1.54, 1.807) is 0 Å². The fraction of sp³-hybridized carbons (Fsp3) is 0.615. The molecule has 3 heteroatoms. The van der Waals surface area contributed by atoms with Crippen LogP contribution in [0.4, 0.5) is 11.6 Å². The van der Waals surface area contributed by atoms with E-state index in [9.17, 15) is 0 Å². The number of rotatable bonds is 3. The van der Waals surface area contributed by atoms with Gasteiger partial charge in [-0.3, -0.25) is 0 Å². The fourth-order valence-corrected chi connectivity index (χ4v) is 2.57. The Labute approximate surface area is 97.7 Å². The summed E-state index contributed by atoms with van der Waals surface area (Å²) in [7, 11) is 0. The summed E-state index contributed by atoms with van der Waals surface area (Å²) in [5.41, 5.74) is 6.21. The standard InChI is InChI=1S/C13H21N3/c1-3-13(4-2)8-9-16(10-13)12-7-5-6-11(14)15-12/h5-7H,3-4,8-10H2,1-2H3,(H2,14,15). The van der Waals surface area contributed by atoms with Gasteiger partial charge < -0.3 is 10.6 Å². The van der Waals surface area contributed by atoms with Gasteiger partial charge in [0.25, 0.3) is 0 Å². The van der Waals surface area contributed by atoms with Gasteiger partial charge in [0.15, 0.2) is 0 Å². The Morgan fingerprint density at radius 3 is 2.69 bits per heavy atom. The number of nitrogens with zero attached hydrogens (tertiary/aromatic N) is 2. The van der Waals surface area contributed by atoms with Crippen LogP contribution in [0.15, 0.2) is 18.2 Å². The maximum atomic E-state index is 5.72. The molecule has 0 spiro atoms. The normalized spacial score (nSPS) is 19.0. The number of anilines is 2. The zero-order valence-electron chi connectivity index (χ0n) is 10.2. The molecular formula is C13H21N3. The lowest BCUT2D eigenvalue weighted by molar-refractivity contribution is 0.301.